The molecule has 1 atom stereocenters. The molecule has 0 bridgehead atoms. The maximum atomic E-state index is 13.0. The van der Waals surface area contributed by atoms with Crippen LogP contribution in [0.5, 0.6) is 0 Å². The van der Waals surface area contributed by atoms with Crippen LogP contribution in [0.3, 0.4) is 0 Å². The Morgan fingerprint density at radius 2 is 1.69 bits per heavy atom. The second-order valence-corrected chi connectivity index (χ2v) is 8.32. The van der Waals surface area contributed by atoms with Gasteiger partial charge in [-0.05, 0) is 36.2 Å². The number of amides is 2. The van der Waals surface area contributed by atoms with Gasteiger partial charge in [0, 0.05) is 41.6 Å². The second-order valence-electron chi connectivity index (χ2n) is 7.40. The van der Waals surface area contributed by atoms with E-state index in [0.717, 1.165) is 27.4 Å². The Bertz CT molecular complexity index is 1020. The summed E-state index contributed by atoms with van der Waals surface area (Å²) in [7, 11) is 0. The van der Waals surface area contributed by atoms with Crippen molar-refractivity contribution in [3.05, 3.63) is 70.3 Å². The summed E-state index contributed by atoms with van der Waals surface area (Å²) in [6.45, 7) is 4.28. The van der Waals surface area contributed by atoms with Crippen LogP contribution in [0.1, 0.15) is 35.3 Å². The Morgan fingerprint density at radius 3 is 2.38 bits per heavy atom. The van der Waals surface area contributed by atoms with Crippen LogP contribution in [0.2, 0.25) is 0 Å². The first-order chi connectivity index (χ1) is 14.1. The molecule has 2 amide bonds. The molecule has 29 heavy (non-hydrogen) atoms. The van der Waals surface area contributed by atoms with Gasteiger partial charge in [-0.2, -0.15) is 0 Å². The molecule has 0 saturated carbocycles. The Kier molecular flexibility index (Phi) is 5.72. The second kappa shape index (κ2) is 8.41. The number of halogens is 1. The van der Waals surface area contributed by atoms with Gasteiger partial charge in [-0.3, -0.25) is 9.59 Å². The van der Waals surface area contributed by atoms with Crippen molar-refractivity contribution in [1.82, 2.24) is 14.8 Å². The standard InChI is InChI=1S/C23H24BrN3O2/c1-2-19(16-6-4-3-5-7-16)22(28)26-10-12-27(13-11-26)23(29)21-15-17-14-18(24)8-9-20(17)25-21/h3-9,14-15,19,25H,2,10-13H2,1H3/t19-/m1/s1. The van der Waals surface area contributed by atoms with Crippen molar-refractivity contribution in [2.75, 3.05) is 26.2 Å². The van der Waals surface area contributed by atoms with Gasteiger partial charge < -0.3 is 14.8 Å². The molecule has 1 aliphatic heterocycles. The van der Waals surface area contributed by atoms with Gasteiger partial charge in [0.05, 0.1) is 5.92 Å². The molecule has 1 N–H and O–H groups in total. The van der Waals surface area contributed by atoms with Gasteiger partial charge in [0.2, 0.25) is 5.91 Å². The lowest BCUT2D eigenvalue weighted by atomic mass is 9.95. The van der Waals surface area contributed by atoms with E-state index in [4.69, 9.17) is 0 Å². The summed E-state index contributed by atoms with van der Waals surface area (Å²) in [4.78, 5) is 32.9. The van der Waals surface area contributed by atoms with Crippen LogP contribution in [0.4, 0.5) is 0 Å². The molecule has 5 nitrogen and oxygen atoms in total. The van der Waals surface area contributed by atoms with Gasteiger partial charge in [0.25, 0.3) is 5.91 Å². The number of carbonyl (C=O) groups is 2. The van der Waals surface area contributed by atoms with Crippen molar-refractivity contribution in [2.45, 2.75) is 19.3 Å². The fourth-order valence-corrected chi connectivity index (χ4v) is 4.36. The molecule has 150 valence electrons. The lowest BCUT2D eigenvalue weighted by Crippen LogP contribution is -2.51. The number of aromatic amines is 1. The van der Waals surface area contributed by atoms with Crippen molar-refractivity contribution in [3.63, 3.8) is 0 Å². The first-order valence-electron chi connectivity index (χ1n) is 9.98. The van der Waals surface area contributed by atoms with Crippen molar-refractivity contribution in [2.24, 2.45) is 0 Å². The number of benzene rings is 2. The summed E-state index contributed by atoms with van der Waals surface area (Å²) in [5, 5.41) is 1.00. The van der Waals surface area contributed by atoms with Crippen molar-refractivity contribution < 1.29 is 9.59 Å². The van der Waals surface area contributed by atoms with Crippen LogP contribution in [-0.4, -0.2) is 52.8 Å². The molecule has 0 spiro atoms. The smallest absolute Gasteiger partial charge is 0.270 e. The van der Waals surface area contributed by atoms with Crippen molar-refractivity contribution in [1.29, 1.82) is 0 Å². The Labute approximate surface area is 178 Å². The molecule has 1 aliphatic rings. The highest BCUT2D eigenvalue weighted by Crippen LogP contribution is 2.24. The Balaban J connectivity index is 1.41. The normalized spacial score (nSPS) is 15.5. The summed E-state index contributed by atoms with van der Waals surface area (Å²) < 4.78 is 0.985. The van der Waals surface area contributed by atoms with Crippen LogP contribution < -0.4 is 0 Å². The summed E-state index contributed by atoms with van der Waals surface area (Å²) in [5.74, 6) is 0.0198. The first kappa shape index (κ1) is 19.7. The van der Waals surface area contributed by atoms with Crippen LogP contribution in [-0.2, 0) is 4.79 Å². The van der Waals surface area contributed by atoms with E-state index in [-0.39, 0.29) is 17.7 Å². The predicted molar refractivity (Wildman–Crippen MR) is 118 cm³/mol. The predicted octanol–water partition coefficient (Wildman–Crippen LogP) is 4.41. The van der Waals surface area contributed by atoms with E-state index in [1.807, 2.05) is 71.3 Å². The molecule has 1 saturated heterocycles. The highest BCUT2D eigenvalue weighted by molar-refractivity contribution is 9.10. The zero-order chi connectivity index (χ0) is 20.4. The topological polar surface area (TPSA) is 56.4 Å². The quantitative estimate of drug-likeness (QED) is 0.635. The van der Waals surface area contributed by atoms with Crippen LogP contribution in [0.15, 0.2) is 59.1 Å². The van der Waals surface area contributed by atoms with E-state index < -0.39 is 0 Å². The van der Waals surface area contributed by atoms with Gasteiger partial charge in [-0.1, -0.05) is 53.2 Å². The first-order valence-corrected chi connectivity index (χ1v) is 10.8. The minimum atomic E-state index is -0.120. The fourth-order valence-electron chi connectivity index (χ4n) is 3.98. The minimum absolute atomic E-state index is 0.0143. The number of rotatable bonds is 4. The lowest BCUT2D eigenvalue weighted by molar-refractivity contribution is -0.134. The van der Waals surface area contributed by atoms with Crippen LogP contribution in [0, 0.1) is 0 Å². The van der Waals surface area contributed by atoms with Crippen LogP contribution in [0.25, 0.3) is 10.9 Å². The average molecular weight is 454 g/mol. The van der Waals surface area contributed by atoms with Gasteiger partial charge in [-0.15, -0.1) is 0 Å². The molecular formula is C23H24BrN3O2. The van der Waals surface area contributed by atoms with E-state index >= 15 is 0 Å². The molecule has 3 aromatic rings. The zero-order valence-electron chi connectivity index (χ0n) is 16.4. The average Bonchev–Trinajstić information content (AvgIpc) is 3.18. The Hall–Kier alpha value is -2.60. The third-order valence-corrected chi connectivity index (χ3v) is 6.09. The number of aromatic nitrogens is 1. The third-order valence-electron chi connectivity index (χ3n) is 5.60. The number of hydrogen-bond acceptors (Lipinski definition) is 2. The summed E-state index contributed by atoms with van der Waals surface area (Å²) in [6.07, 6.45) is 0.770. The molecule has 0 aliphatic carbocycles. The molecule has 4 rings (SSSR count). The number of piperazine rings is 1. The largest absolute Gasteiger partial charge is 0.351 e. The minimum Gasteiger partial charge on any atom is -0.351 e. The van der Waals surface area contributed by atoms with E-state index in [9.17, 15) is 9.59 Å². The molecule has 6 heteroatoms. The maximum Gasteiger partial charge on any atom is 0.270 e. The molecule has 1 fully saturated rings. The number of nitrogens with one attached hydrogen (secondary N) is 1. The van der Waals surface area contributed by atoms with Crippen molar-refractivity contribution >= 4 is 38.6 Å². The van der Waals surface area contributed by atoms with E-state index in [2.05, 4.69) is 20.9 Å². The Morgan fingerprint density at radius 1 is 1.00 bits per heavy atom. The highest BCUT2D eigenvalue weighted by atomic mass is 79.9. The molecule has 0 radical (unpaired) electrons. The number of H-pyrrole nitrogens is 1. The molecular weight excluding hydrogens is 430 g/mol. The number of hydrogen-bond donors (Lipinski definition) is 1. The maximum absolute atomic E-state index is 13.0. The zero-order valence-corrected chi connectivity index (χ0v) is 18.0. The number of fused-ring (bicyclic) bond motifs is 1. The summed E-state index contributed by atoms with van der Waals surface area (Å²) in [5.41, 5.74) is 2.59. The highest BCUT2D eigenvalue weighted by Gasteiger charge is 2.29. The fraction of sp³-hybridized carbons (Fsp3) is 0.304. The monoisotopic (exact) mass is 453 g/mol. The van der Waals surface area contributed by atoms with E-state index in [0.29, 0.717) is 31.9 Å². The third kappa shape index (κ3) is 4.08. The molecule has 1 aromatic heterocycles. The van der Waals surface area contributed by atoms with E-state index in [1.165, 1.54) is 0 Å². The van der Waals surface area contributed by atoms with Crippen LogP contribution >= 0.6 is 15.9 Å². The van der Waals surface area contributed by atoms with Crippen molar-refractivity contribution in [3.8, 4) is 0 Å². The van der Waals surface area contributed by atoms with Gasteiger partial charge >= 0.3 is 0 Å². The summed E-state index contributed by atoms with van der Waals surface area (Å²) in [6, 6.07) is 17.7. The van der Waals surface area contributed by atoms with Gasteiger partial charge in [0.15, 0.2) is 0 Å². The molecule has 2 heterocycles. The summed E-state index contributed by atoms with van der Waals surface area (Å²) >= 11 is 3.46. The number of nitrogens with zero attached hydrogens (tertiary/aromatic N) is 2. The molecule has 2 aromatic carbocycles. The SMILES string of the molecule is CC[C@@H](C(=O)N1CCN(C(=O)c2cc3cc(Br)ccc3[nH]2)CC1)c1ccccc1. The van der Waals surface area contributed by atoms with E-state index in [1.54, 1.807) is 0 Å². The van der Waals surface area contributed by atoms with Gasteiger partial charge in [0.1, 0.15) is 5.69 Å². The van der Waals surface area contributed by atoms with Gasteiger partial charge in [-0.25, -0.2) is 0 Å². The number of carbonyl (C=O) groups excluding carboxylic acids is 2. The lowest BCUT2D eigenvalue weighted by Gasteiger charge is -2.36. The molecule has 0 unspecified atom stereocenters.